The van der Waals surface area contributed by atoms with E-state index in [4.69, 9.17) is 18.9 Å². The highest BCUT2D eigenvalue weighted by molar-refractivity contribution is 5.97. The first-order valence-corrected chi connectivity index (χ1v) is 13.5. The minimum absolute atomic E-state index is 0.0760. The molecule has 4 aromatic carbocycles. The van der Waals surface area contributed by atoms with Crippen LogP contribution in [0.5, 0.6) is 23.0 Å². The van der Waals surface area contributed by atoms with E-state index >= 15 is 0 Å². The van der Waals surface area contributed by atoms with Crippen LogP contribution in [0.4, 0.5) is 0 Å². The molecule has 0 aromatic heterocycles. The number of allylic oxidation sites excluding steroid dienone is 1. The molecule has 0 saturated carbocycles. The highest BCUT2D eigenvalue weighted by Gasteiger charge is 2.18. The van der Waals surface area contributed by atoms with E-state index in [1.165, 1.54) is 13.8 Å². The Labute approximate surface area is 256 Å². The number of esters is 3. The summed E-state index contributed by atoms with van der Waals surface area (Å²) in [5.41, 5.74) is 3.02. The molecular formula is C37H32O7. The van der Waals surface area contributed by atoms with Crippen LogP contribution in [-0.2, 0) is 14.4 Å². The predicted molar refractivity (Wildman–Crippen MR) is 173 cm³/mol. The number of carbonyl (C=O) groups excluding carboxylic acids is 3. The maximum atomic E-state index is 12.3. The van der Waals surface area contributed by atoms with Gasteiger partial charge >= 0.3 is 17.9 Å². The van der Waals surface area contributed by atoms with Gasteiger partial charge in [0.15, 0.2) is 23.0 Å². The Morgan fingerprint density at radius 2 is 0.750 bits per heavy atom. The molecule has 0 spiro atoms. The summed E-state index contributed by atoms with van der Waals surface area (Å²) in [6.45, 7) is 25.0. The van der Waals surface area contributed by atoms with E-state index < -0.39 is 17.9 Å². The van der Waals surface area contributed by atoms with E-state index in [1.807, 2.05) is 36.4 Å². The fourth-order valence-electron chi connectivity index (χ4n) is 3.97. The summed E-state index contributed by atoms with van der Waals surface area (Å²) in [7, 11) is 0. The molecule has 0 aliphatic carbocycles. The van der Waals surface area contributed by atoms with Crippen molar-refractivity contribution in [2.24, 2.45) is 0 Å². The van der Waals surface area contributed by atoms with Crippen molar-refractivity contribution in [2.45, 2.75) is 27.7 Å². The topological polar surface area (TPSA) is 88.1 Å². The molecule has 7 nitrogen and oxygen atoms in total. The number of ether oxygens (including phenoxy) is 4. The second-order valence-corrected chi connectivity index (χ2v) is 10.5. The number of fused-ring (bicyclic) bond motifs is 2. The number of benzene rings is 4. The van der Waals surface area contributed by atoms with Crippen LogP contribution in [-0.4, -0.2) is 17.9 Å². The first kappa shape index (κ1) is 31.3. The molecule has 222 valence electrons. The molecule has 0 radical (unpaired) electrons. The summed E-state index contributed by atoms with van der Waals surface area (Å²) in [5, 5.41) is 3.13. The summed E-state index contributed by atoms with van der Waals surface area (Å²) in [6, 6.07) is 18.3. The van der Waals surface area contributed by atoms with Gasteiger partial charge in [-0.2, -0.15) is 0 Å². The Balaban J connectivity index is 1.80. The minimum atomic E-state index is -0.650. The largest absolute Gasteiger partial charge is 0.454 e. The Kier molecular flexibility index (Phi) is 9.00. The van der Waals surface area contributed by atoms with Gasteiger partial charge in [0.1, 0.15) is 5.76 Å². The fraction of sp³-hybridized carbons (Fsp3) is 0.108. The molecule has 0 unspecified atom stereocenters. The van der Waals surface area contributed by atoms with E-state index in [1.54, 1.807) is 38.1 Å². The van der Waals surface area contributed by atoms with Gasteiger partial charge in [-0.1, -0.05) is 57.2 Å². The maximum Gasteiger partial charge on any atom is 0.338 e. The standard InChI is InChI=1S/C37H32O7/c1-20(2)24(9)41-31-18-29-14-25(10-12-27(29)16-32(31)42-35(38)21(3)4)26-11-13-28-17-33(43-36(39)22(5)6)34(19-30(28)15-26)44-37(40)23(7)8/h10-19H,1,3,5,7,9H2,2,4,6,8H3. The van der Waals surface area contributed by atoms with Crippen molar-refractivity contribution >= 4 is 39.5 Å². The number of rotatable bonds is 10. The van der Waals surface area contributed by atoms with Gasteiger partial charge in [-0.25, -0.2) is 14.4 Å². The van der Waals surface area contributed by atoms with Crippen molar-refractivity contribution in [3.63, 3.8) is 0 Å². The van der Waals surface area contributed by atoms with Crippen molar-refractivity contribution < 1.29 is 33.3 Å². The normalized spacial score (nSPS) is 10.5. The van der Waals surface area contributed by atoms with Crippen LogP contribution >= 0.6 is 0 Å². The molecule has 0 amide bonds. The Bertz CT molecular complexity index is 1800. The number of hydrogen-bond acceptors (Lipinski definition) is 7. The predicted octanol–water partition coefficient (Wildman–Crippen LogP) is 8.57. The smallest absolute Gasteiger partial charge is 0.338 e. The van der Waals surface area contributed by atoms with Crippen LogP contribution in [0.25, 0.3) is 32.7 Å². The summed E-state index contributed by atoms with van der Waals surface area (Å²) in [4.78, 5) is 36.9. The average molecular weight is 589 g/mol. The van der Waals surface area contributed by atoms with Gasteiger partial charge in [0.25, 0.3) is 0 Å². The number of carbonyl (C=O) groups is 3. The van der Waals surface area contributed by atoms with Crippen LogP contribution in [0.3, 0.4) is 0 Å². The van der Waals surface area contributed by atoms with Crippen molar-refractivity contribution in [1.29, 1.82) is 0 Å². The summed E-state index contributed by atoms with van der Waals surface area (Å²) < 4.78 is 22.4. The minimum Gasteiger partial charge on any atom is -0.454 e. The molecule has 44 heavy (non-hydrogen) atoms. The van der Waals surface area contributed by atoms with Crippen LogP contribution in [0.15, 0.2) is 122 Å². The molecule has 0 aliphatic rings. The molecule has 4 aromatic rings. The van der Waals surface area contributed by atoms with E-state index in [2.05, 4.69) is 32.9 Å². The van der Waals surface area contributed by atoms with Crippen molar-refractivity contribution in [1.82, 2.24) is 0 Å². The zero-order valence-electron chi connectivity index (χ0n) is 25.2. The summed E-state index contributed by atoms with van der Waals surface area (Å²) >= 11 is 0. The number of hydrogen-bond donors (Lipinski definition) is 0. The van der Waals surface area contributed by atoms with Crippen LogP contribution < -0.4 is 18.9 Å². The molecule has 4 rings (SSSR count). The lowest BCUT2D eigenvalue weighted by molar-refractivity contribution is -0.132. The third kappa shape index (κ3) is 7.02. The molecular weight excluding hydrogens is 556 g/mol. The Hall–Kier alpha value is -5.69. The molecule has 0 heterocycles. The first-order valence-electron chi connectivity index (χ1n) is 13.5. The van der Waals surface area contributed by atoms with Crippen LogP contribution in [0.2, 0.25) is 0 Å². The quantitative estimate of drug-likeness (QED) is 0.0603. The Morgan fingerprint density at radius 3 is 1.07 bits per heavy atom. The third-order valence-electron chi connectivity index (χ3n) is 6.50. The fourth-order valence-corrected chi connectivity index (χ4v) is 3.97. The van der Waals surface area contributed by atoms with E-state index in [-0.39, 0.29) is 34.0 Å². The second kappa shape index (κ2) is 12.7. The maximum absolute atomic E-state index is 12.3. The van der Waals surface area contributed by atoms with Crippen LogP contribution in [0, 0.1) is 0 Å². The molecule has 0 aliphatic heterocycles. The lowest BCUT2D eigenvalue weighted by Crippen LogP contribution is -2.12. The molecule has 0 fully saturated rings. The van der Waals surface area contributed by atoms with Gasteiger partial charge in [-0.15, -0.1) is 0 Å². The van der Waals surface area contributed by atoms with E-state index in [9.17, 15) is 14.4 Å². The van der Waals surface area contributed by atoms with Crippen LogP contribution in [0.1, 0.15) is 27.7 Å². The van der Waals surface area contributed by atoms with Gasteiger partial charge in [0.2, 0.25) is 0 Å². The average Bonchev–Trinajstić information content (AvgIpc) is 2.96. The third-order valence-corrected chi connectivity index (χ3v) is 6.50. The first-order chi connectivity index (χ1) is 20.7. The van der Waals surface area contributed by atoms with E-state index in [0.29, 0.717) is 17.1 Å². The van der Waals surface area contributed by atoms with E-state index in [0.717, 1.165) is 32.7 Å². The highest BCUT2D eigenvalue weighted by Crippen LogP contribution is 2.38. The SMILES string of the molecule is C=C(C)C(=C)Oc1cc2cc(-c3ccc4cc(OC(=O)C(=C)C)c(OC(=O)C(=C)C)cc4c3)ccc2cc1OC(=O)C(=C)C. The molecule has 7 heteroatoms. The van der Waals surface area contributed by atoms with Crippen molar-refractivity contribution in [2.75, 3.05) is 0 Å². The van der Waals surface area contributed by atoms with Gasteiger partial charge in [0.05, 0.1) is 0 Å². The highest BCUT2D eigenvalue weighted by atomic mass is 16.6. The van der Waals surface area contributed by atoms with Crippen molar-refractivity contribution in [3.8, 4) is 34.1 Å². The van der Waals surface area contributed by atoms with Gasteiger partial charge in [-0.3, -0.25) is 0 Å². The van der Waals surface area contributed by atoms with Gasteiger partial charge in [-0.05, 0) is 102 Å². The van der Waals surface area contributed by atoms with Gasteiger partial charge in [0, 0.05) is 16.7 Å². The summed E-state index contributed by atoms with van der Waals surface area (Å²) in [6.07, 6.45) is 0. The second-order valence-electron chi connectivity index (χ2n) is 10.5. The Morgan fingerprint density at radius 1 is 0.432 bits per heavy atom. The molecule has 0 N–H and O–H groups in total. The lowest BCUT2D eigenvalue weighted by Gasteiger charge is -2.15. The van der Waals surface area contributed by atoms with Crippen molar-refractivity contribution in [3.05, 3.63) is 122 Å². The zero-order chi connectivity index (χ0) is 32.3. The molecule has 0 saturated heterocycles. The van der Waals surface area contributed by atoms with Gasteiger partial charge < -0.3 is 18.9 Å². The zero-order valence-corrected chi connectivity index (χ0v) is 25.2. The molecule has 0 bridgehead atoms. The summed E-state index contributed by atoms with van der Waals surface area (Å²) in [5.74, 6) is -0.839. The monoisotopic (exact) mass is 588 g/mol. The molecule has 0 atom stereocenters. The lowest BCUT2D eigenvalue weighted by atomic mass is 9.98.